The lowest BCUT2D eigenvalue weighted by atomic mass is 10.0. The number of phosphoric ester groups is 2. The van der Waals surface area contributed by atoms with Crippen LogP contribution in [0.25, 0.3) is 0 Å². The number of rotatable bonds is 53. The molecule has 0 aliphatic rings. The fourth-order valence-corrected chi connectivity index (χ4v) is 9.34. The smallest absolute Gasteiger partial charge is 0.462 e. The zero-order valence-electron chi connectivity index (χ0n) is 46.4. The van der Waals surface area contributed by atoms with Crippen LogP contribution in [-0.2, 0) is 65.4 Å². The minimum Gasteiger partial charge on any atom is -0.462 e. The Morgan fingerprint density at radius 2 is 0.630 bits per heavy atom. The number of phosphoric acid groups is 2. The summed E-state index contributed by atoms with van der Waals surface area (Å²) in [5.74, 6) is -0.728. The van der Waals surface area contributed by atoms with E-state index >= 15 is 0 Å². The van der Waals surface area contributed by atoms with Gasteiger partial charge in [-0.1, -0.05) is 202 Å². The second-order valence-corrected chi connectivity index (χ2v) is 23.5. The van der Waals surface area contributed by atoms with Crippen LogP contribution < -0.4 is 0 Å². The molecule has 432 valence electrons. The molecule has 0 saturated heterocycles. The summed E-state index contributed by atoms with van der Waals surface area (Å²) in [5.41, 5.74) is 0. The lowest BCUT2D eigenvalue weighted by molar-refractivity contribution is -0.161. The SMILES string of the molecule is CCCCCCCC(=O)OC[C@H](COP(=O)(O)OC[C@H](O)COP(=O)(O)OC[C@@H](COC(=O)CCCCCCCCC(C)C)OC(=O)CCCCCCCCCCCCCC(C)C)OC(=O)CCCCCCC. The van der Waals surface area contributed by atoms with Crippen molar-refractivity contribution in [2.45, 2.75) is 272 Å². The van der Waals surface area contributed by atoms with Gasteiger partial charge in [0.2, 0.25) is 0 Å². The van der Waals surface area contributed by atoms with Gasteiger partial charge in [-0.2, -0.15) is 0 Å². The first kappa shape index (κ1) is 71.1. The maximum Gasteiger partial charge on any atom is 0.472 e. The minimum absolute atomic E-state index is 0.0982. The predicted molar refractivity (Wildman–Crippen MR) is 285 cm³/mol. The third-order valence-corrected chi connectivity index (χ3v) is 14.1. The monoisotopic (exact) mass is 1090 g/mol. The van der Waals surface area contributed by atoms with Gasteiger partial charge in [-0.05, 0) is 37.5 Å². The maximum absolute atomic E-state index is 12.9. The molecule has 73 heavy (non-hydrogen) atoms. The highest BCUT2D eigenvalue weighted by atomic mass is 31.2. The van der Waals surface area contributed by atoms with Crippen molar-refractivity contribution >= 4 is 39.5 Å². The summed E-state index contributed by atoms with van der Waals surface area (Å²) >= 11 is 0. The normalized spacial score (nSPS) is 14.6. The van der Waals surface area contributed by atoms with Gasteiger partial charge in [-0.25, -0.2) is 9.13 Å². The molecule has 0 aromatic heterocycles. The molecule has 2 unspecified atom stereocenters. The second-order valence-electron chi connectivity index (χ2n) is 20.6. The predicted octanol–water partition coefficient (Wildman–Crippen LogP) is 13.7. The van der Waals surface area contributed by atoms with E-state index in [1.807, 2.05) is 0 Å². The third-order valence-electron chi connectivity index (χ3n) is 12.2. The molecule has 3 N–H and O–H groups in total. The number of hydrogen-bond acceptors (Lipinski definition) is 15. The van der Waals surface area contributed by atoms with Gasteiger partial charge in [0, 0.05) is 25.7 Å². The Kier molecular flexibility index (Phi) is 46.0. The molecule has 0 aliphatic heterocycles. The van der Waals surface area contributed by atoms with Crippen LogP contribution in [0.1, 0.15) is 253 Å². The standard InChI is InChI=1S/C54H104O17P2/c1-7-9-11-22-30-36-51(56)64-42-49(70-53(58)38-32-23-12-10-8-2)44-68-72(60,61)66-40-48(55)41-67-73(62,63)69-45-50(43-65-52(57)37-31-26-21-20-25-29-35-47(5)6)71-54(59)39-33-27-19-17-15-13-14-16-18-24-28-34-46(3)4/h46-50,55H,7-45H2,1-6H3,(H,60,61)(H,62,63)/t48-,49+,50+/m0/s1. The lowest BCUT2D eigenvalue weighted by Crippen LogP contribution is -2.30. The van der Waals surface area contributed by atoms with E-state index in [4.69, 9.17) is 37.0 Å². The average Bonchev–Trinajstić information content (AvgIpc) is 3.33. The minimum atomic E-state index is -4.93. The highest BCUT2D eigenvalue weighted by Gasteiger charge is 2.30. The van der Waals surface area contributed by atoms with E-state index in [2.05, 4.69) is 41.5 Å². The molecule has 19 heteroatoms. The summed E-state index contributed by atoms with van der Waals surface area (Å²) in [6, 6.07) is 0. The molecule has 5 atom stereocenters. The van der Waals surface area contributed by atoms with Crippen LogP contribution in [0.4, 0.5) is 0 Å². The lowest BCUT2D eigenvalue weighted by Gasteiger charge is -2.21. The van der Waals surface area contributed by atoms with Crippen LogP contribution in [0.3, 0.4) is 0 Å². The van der Waals surface area contributed by atoms with E-state index in [0.29, 0.717) is 31.6 Å². The summed E-state index contributed by atoms with van der Waals surface area (Å²) < 4.78 is 67.1. The Bertz CT molecular complexity index is 1460. The molecular weight excluding hydrogens is 983 g/mol. The molecule has 0 saturated carbocycles. The molecule has 0 radical (unpaired) electrons. The van der Waals surface area contributed by atoms with Gasteiger partial charge in [-0.3, -0.25) is 37.3 Å². The number of carbonyl (C=O) groups is 4. The second kappa shape index (κ2) is 47.3. The Labute approximate surface area is 441 Å². The number of aliphatic hydroxyl groups excluding tert-OH is 1. The molecular formula is C54H104O17P2. The van der Waals surface area contributed by atoms with Crippen LogP contribution in [-0.4, -0.2) is 96.7 Å². The Morgan fingerprint density at radius 1 is 0.370 bits per heavy atom. The average molecular weight is 1090 g/mol. The first-order chi connectivity index (χ1) is 34.9. The van der Waals surface area contributed by atoms with Crippen LogP contribution in [0.5, 0.6) is 0 Å². The van der Waals surface area contributed by atoms with Gasteiger partial charge in [0.25, 0.3) is 0 Å². The molecule has 0 rings (SSSR count). The first-order valence-electron chi connectivity index (χ1n) is 28.5. The van der Waals surface area contributed by atoms with Crippen LogP contribution in [0.2, 0.25) is 0 Å². The van der Waals surface area contributed by atoms with Crippen molar-refractivity contribution in [3.8, 4) is 0 Å². The molecule has 0 aliphatic carbocycles. The topological polar surface area (TPSA) is 237 Å². The summed E-state index contributed by atoms with van der Waals surface area (Å²) in [5, 5.41) is 10.4. The van der Waals surface area contributed by atoms with Crippen molar-refractivity contribution in [2.75, 3.05) is 39.6 Å². The molecule has 0 aromatic carbocycles. The summed E-state index contributed by atoms with van der Waals surface area (Å²) in [4.78, 5) is 71.2. The fourth-order valence-electron chi connectivity index (χ4n) is 7.76. The van der Waals surface area contributed by atoms with Gasteiger partial charge >= 0.3 is 39.5 Å². The van der Waals surface area contributed by atoms with Gasteiger partial charge in [0.05, 0.1) is 26.4 Å². The molecule has 0 fully saturated rings. The number of hydrogen-bond donors (Lipinski definition) is 3. The largest absolute Gasteiger partial charge is 0.472 e. The highest BCUT2D eigenvalue weighted by Crippen LogP contribution is 2.45. The van der Waals surface area contributed by atoms with Crippen molar-refractivity contribution in [1.29, 1.82) is 0 Å². The van der Waals surface area contributed by atoms with Crippen LogP contribution >= 0.6 is 15.6 Å². The molecule has 17 nitrogen and oxygen atoms in total. The summed E-state index contributed by atoms with van der Waals surface area (Å²) in [6.07, 6.45) is 26.2. The van der Waals surface area contributed by atoms with Gasteiger partial charge in [0.1, 0.15) is 19.3 Å². The van der Waals surface area contributed by atoms with Crippen molar-refractivity contribution in [3.63, 3.8) is 0 Å². The van der Waals surface area contributed by atoms with E-state index in [-0.39, 0.29) is 25.7 Å². The van der Waals surface area contributed by atoms with Crippen LogP contribution in [0, 0.1) is 11.8 Å². The van der Waals surface area contributed by atoms with Crippen molar-refractivity contribution in [3.05, 3.63) is 0 Å². The van der Waals surface area contributed by atoms with Crippen LogP contribution in [0.15, 0.2) is 0 Å². The zero-order valence-corrected chi connectivity index (χ0v) is 48.2. The van der Waals surface area contributed by atoms with E-state index < -0.39 is 97.5 Å². The highest BCUT2D eigenvalue weighted by molar-refractivity contribution is 7.47. The summed E-state index contributed by atoms with van der Waals surface area (Å²) in [6.45, 7) is 9.14. The Balaban J connectivity index is 5.13. The third kappa shape index (κ3) is 49.4. The van der Waals surface area contributed by atoms with Crippen molar-refractivity contribution in [2.24, 2.45) is 11.8 Å². The van der Waals surface area contributed by atoms with E-state index in [1.54, 1.807) is 0 Å². The molecule has 0 heterocycles. The van der Waals surface area contributed by atoms with E-state index in [9.17, 15) is 43.2 Å². The molecule has 0 bridgehead atoms. The number of carbonyl (C=O) groups excluding carboxylic acids is 4. The van der Waals surface area contributed by atoms with Gasteiger partial charge in [-0.15, -0.1) is 0 Å². The molecule has 0 spiro atoms. The number of unbranched alkanes of at least 4 members (excludes halogenated alkanes) is 23. The van der Waals surface area contributed by atoms with E-state index in [0.717, 1.165) is 109 Å². The molecule has 0 amide bonds. The quantitative estimate of drug-likeness (QED) is 0.0222. The maximum atomic E-state index is 12.9. The fraction of sp³-hybridized carbons (Fsp3) is 0.926. The van der Waals surface area contributed by atoms with Gasteiger partial charge in [0.15, 0.2) is 12.2 Å². The number of aliphatic hydroxyl groups is 1. The van der Waals surface area contributed by atoms with E-state index in [1.165, 1.54) is 57.8 Å². The summed E-state index contributed by atoms with van der Waals surface area (Å²) in [7, 11) is -9.85. The Hall–Kier alpha value is -1.94. The Morgan fingerprint density at radius 3 is 0.932 bits per heavy atom. The first-order valence-corrected chi connectivity index (χ1v) is 31.5. The van der Waals surface area contributed by atoms with Crippen molar-refractivity contribution < 1.29 is 80.2 Å². The van der Waals surface area contributed by atoms with Crippen molar-refractivity contribution in [1.82, 2.24) is 0 Å². The zero-order chi connectivity index (χ0) is 54.4. The molecule has 0 aromatic rings. The number of esters is 4. The van der Waals surface area contributed by atoms with Gasteiger partial charge < -0.3 is 33.8 Å². The number of ether oxygens (including phenoxy) is 4.